The molecule has 0 amide bonds. The summed E-state index contributed by atoms with van der Waals surface area (Å²) in [6.07, 6.45) is 6.25. The minimum absolute atomic E-state index is 0.0634. The van der Waals surface area contributed by atoms with Crippen molar-refractivity contribution in [1.29, 1.82) is 0 Å². The molecule has 1 aliphatic rings. The SMILES string of the molecule is O=[N+]([O-])c1cccc(-c2cccc(CN3CCc4nc(-c5ccncc5)ncc4C3)n2)c1. The Bertz CT molecular complexity index is 1280. The number of benzene rings is 1. The number of aromatic nitrogens is 4. The van der Waals surface area contributed by atoms with E-state index in [1.54, 1.807) is 24.5 Å². The highest BCUT2D eigenvalue weighted by Gasteiger charge is 2.19. The largest absolute Gasteiger partial charge is 0.293 e. The van der Waals surface area contributed by atoms with Gasteiger partial charge in [-0.25, -0.2) is 9.97 Å². The third kappa shape index (κ3) is 4.21. The molecule has 0 aliphatic carbocycles. The van der Waals surface area contributed by atoms with Crippen molar-refractivity contribution in [3.05, 3.63) is 100 Å². The first-order valence-corrected chi connectivity index (χ1v) is 10.3. The Balaban J connectivity index is 1.32. The van der Waals surface area contributed by atoms with Crippen molar-refractivity contribution in [2.24, 2.45) is 0 Å². The molecule has 1 aliphatic heterocycles. The number of fused-ring (bicyclic) bond motifs is 1. The van der Waals surface area contributed by atoms with E-state index in [9.17, 15) is 10.1 Å². The maximum Gasteiger partial charge on any atom is 0.270 e. The van der Waals surface area contributed by atoms with Gasteiger partial charge in [-0.1, -0.05) is 18.2 Å². The maximum atomic E-state index is 11.1. The zero-order valence-electron chi connectivity index (χ0n) is 17.3. The molecular formula is C24H20N6O2. The third-order valence-electron chi connectivity index (χ3n) is 5.50. The predicted molar refractivity (Wildman–Crippen MR) is 119 cm³/mol. The fraction of sp³-hybridized carbons (Fsp3) is 0.167. The van der Waals surface area contributed by atoms with E-state index in [1.807, 2.05) is 42.6 Å². The topological polar surface area (TPSA) is 97.9 Å². The number of non-ortho nitro benzene ring substituents is 1. The lowest BCUT2D eigenvalue weighted by Crippen LogP contribution is -2.31. The fourth-order valence-electron chi connectivity index (χ4n) is 3.89. The van der Waals surface area contributed by atoms with Crippen LogP contribution in [0.4, 0.5) is 5.69 Å². The van der Waals surface area contributed by atoms with Crippen molar-refractivity contribution in [1.82, 2.24) is 24.8 Å². The lowest BCUT2D eigenvalue weighted by atomic mass is 10.1. The first-order valence-electron chi connectivity index (χ1n) is 10.3. The Hall–Kier alpha value is -4.04. The second-order valence-electron chi connectivity index (χ2n) is 7.68. The summed E-state index contributed by atoms with van der Waals surface area (Å²) in [6, 6.07) is 16.2. The van der Waals surface area contributed by atoms with Gasteiger partial charge in [-0.2, -0.15) is 0 Å². The van der Waals surface area contributed by atoms with E-state index in [2.05, 4.69) is 14.9 Å². The Kier molecular flexibility index (Phi) is 5.35. The van der Waals surface area contributed by atoms with Crippen LogP contribution < -0.4 is 0 Å². The van der Waals surface area contributed by atoms with E-state index in [0.29, 0.717) is 6.54 Å². The second-order valence-corrected chi connectivity index (χ2v) is 7.68. The lowest BCUT2D eigenvalue weighted by Gasteiger charge is -2.27. The summed E-state index contributed by atoms with van der Waals surface area (Å²) in [4.78, 5) is 31.1. The van der Waals surface area contributed by atoms with Gasteiger partial charge in [-0.05, 0) is 24.3 Å². The molecule has 5 rings (SSSR count). The number of hydrogen-bond donors (Lipinski definition) is 0. The van der Waals surface area contributed by atoms with Gasteiger partial charge in [-0.15, -0.1) is 0 Å². The van der Waals surface area contributed by atoms with Crippen molar-refractivity contribution in [3.63, 3.8) is 0 Å². The molecule has 1 aromatic carbocycles. The quantitative estimate of drug-likeness (QED) is 0.352. The maximum absolute atomic E-state index is 11.1. The molecular weight excluding hydrogens is 404 g/mol. The van der Waals surface area contributed by atoms with Crippen molar-refractivity contribution < 1.29 is 4.92 Å². The fourth-order valence-corrected chi connectivity index (χ4v) is 3.89. The average molecular weight is 424 g/mol. The molecule has 0 atom stereocenters. The first kappa shape index (κ1) is 19.9. The number of hydrogen-bond acceptors (Lipinski definition) is 7. The molecule has 158 valence electrons. The molecule has 32 heavy (non-hydrogen) atoms. The van der Waals surface area contributed by atoms with E-state index in [1.165, 1.54) is 6.07 Å². The molecule has 0 saturated carbocycles. The van der Waals surface area contributed by atoms with Crippen LogP contribution in [0.2, 0.25) is 0 Å². The summed E-state index contributed by atoms with van der Waals surface area (Å²) in [6.45, 7) is 2.32. The van der Waals surface area contributed by atoms with Crippen LogP contribution in [0.25, 0.3) is 22.6 Å². The molecule has 0 fully saturated rings. The molecule has 0 unspecified atom stereocenters. The van der Waals surface area contributed by atoms with Gasteiger partial charge in [0.25, 0.3) is 5.69 Å². The van der Waals surface area contributed by atoms with Crippen LogP contribution in [-0.2, 0) is 19.5 Å². The number of nitro groups is 1. The van der Waals surface area contributed by atoms with Crippen LogP contribution in [-0.4, -0.2) is 36.3 Å². The molecule has 0 spiro atoms. The monoisotopic (exact) mass is 424 g/mol. The molecule has 0 N–H and O–H groups in total. The molecule has 4 heterocycles. The summed E-state index contributed by atoms with van der Waals surface area (Å²) >= 11 is 0. The van der Waals surface area contributed by atoms with Crippen molar-refractivity contribution in [2.45, 2.75) is 19.5 Å². The van der Waals surface area contributed by atoms with Gasteiger partial charge in [-0.3, -0.25) is 25.0 Å². The average Bonchev–Trinajstić information content (AvgIpc) is 2.84. The summed E-state index contributed by atoms with van der Waals surface area (Å²) in [5, 5.41) is 11.1. The standard InChI is InChI=1S/C24H20N6O2/c31-30(32)21-5-1-3-18(13-21)22-6-2-4-20(27-22)16-29-12-9-23-19(15-29)14-26-24(28-23)17-7-10-25-11-8-17/h1-8,10-11,13-14H,9,12,15-16H2. The summed E-state index contributed by atoms with van der Waals surface area (Å²) in [5.41, 5.74) is 5.63. The highest BCUT2D eigenvalue weighted by molar-refractivity contribution is 5.62. The minimum atomic E-state index is -0.388. The van der Waals surface area contributed by atoms with Crippen LogP contribution in [0.5, 0.6) is 0 Å². The van der Waals surface area contributed by atoms with E-state index in [0.717, 1.165) is 59.1 Å². The zero-order valence-corrected chi connectivity index (χ0v) is 17.3. The van der Waals surface area contributed by atoms with Gasteiger partial charge in [0.1, 0.15) is 0 Å². The first-order chi connectivity index (χ1) is 15.7. The Morgan fingerprint density at radius 2 is 1.84 bits per heavy atom. The van der Waals surface area contributed by atoms with E-state index in [4.69, 9.17) is 9.97 Å². The Morgan fingerprint density at radius 3 is 2.69 bits per heavy atom. The minimum Gasteiger partial charge on any atom is -0.293 e. The number of pyridine rings is 2. The lowest BCUT2D eigenvalue weighted by molar-refractivity contribution is -0.384. The van der Waals surface area contributed by atoms with Crippen molar-refractivity contribution in [3.8, 4) is 22.6 Å². The Morgan fingerprint density at radius 1 is 1.00 bits per heavy atom. The number of nitro benzene ring substituents is 1. The van der Waals surface area contributed by atoms with Gasteiger partial charge in [0, 0.05) is 73.5 Å². The Labute approximate surface area is 184 Å². The van der Waals surface area contributed by atoms with Crippen LogP contribution in [0, 0.1) is 10.1 Å². The number of rotatable bonds is 5. The van der Waals surface area contributed by atoms with E-state index < -0.39 is 0 Å². The molecule has 0 saturated heterocycles. The van der Waals surface area contributed by atoms with Gasteiger partial charge >= 0.3 is 0 Å². The van der Waals surface area contributed by atoms with Gasteiger partial charge in [0.05, 0.1) is 22.0 Å². The zero-order chi connectivity index (χ0) is 21.9. The van der Waals surface area contributed by atoms with Crippen molar-refractivity contribution in [2.75, 3.05) is 6.54 Å². The van der Waals surface area contributed by atoms with E-state index >= 15 is 0 Å². The normalized spacial score (nSPS) is 13.5. The molecule has 0 bridgehead atoms. The number of nitrogens with zero attached hydrogens (tertiary/aromatic N) is 6. The molecule has 8 nitrogen and oxygen atoms in total. The van der Waals surface area contributed by atoms with Gasteiger partial charge in [0.15, 0.2) is 5.82 Å². The van der Waals surface area contributed by atoms with Crippen LogP contribution in [0.15, 0.2) is 73.2 Å². The van der Waals surface area contributed by atoms with Crippen molar-refractivity contribution >= 4 is 5.69 Å². The van der Waals surface area contributed by atoms with E-state index in [-0.39, 0.29) is 10.6 Å². The smallest absolute Gasteiger partial charge is 0.270 e. The highest BCUT2D eigenvalue weighted by atomic mass is 16.6. The molecule has 0 radical (unpaired) electrons. The van der Waals surface area contributed by atoms with Crippen LogP contribution in [0.3, 0.4) is 0 Å². The summed E-state index contributed by atoms with van der Waals surface area (Å²) in [7, 11) is 0. The highest BCUT2D eigenvalue weighted by Crippen LogP contribution is 2.24. The molecule has 8 heteroatoms. The second kappa shape index (κ2) is 8.60. The van der Waals surface area contributed by atoms with Gasteiger partial charge in [0.2, 0.25) is 0 Å². The predicted octanol–water partition coefficient (Wildman–Crippen LogP) is 4.07. The van der Waals surface area contributed by atoms with Gasteiger partial charge < -0.3 is 0 Å². The third-order valence-corrected chi connectivity index (χ3v) is 5.50. The molecule has 3 aromatic heterocycles. The molecule has 4 aromatic rings. The van der Waals surface area contributed by atoms with Crippen LogP contribution in [0.1, 0.15) is 17.0 Å². The van der Waals surface area contributed by atoms with Crippen LogP contribution >= 0.6 is 0 Å². The summed E-state index contributed by atoms with van der Waals surface area (Å²) < 4.78 is 0. The summed E-state index contributed by atoms with van der Waals surface area (Å²) in [5.74, 6) is 0.728.